The Morgan fingerprint density at radius 2 is 1.29 bits per heavy atom. The lowest BCUT2D eigenvalue weighted by Crippen LogP contribution is -2.14. The van der Waals surface area contributed by atoms with Crippen molar-refractivity contribution in [1.29, 1.82) is 0 Å². The van der Waals surface area contributed by atoms with E-state index in [1.165, 1.54) is 0 Å². The quantitative estimate of drug-likeness (QED) is 0.268. The molecule has 0 aromatic heterocycles. The molecule has 4 heteroatoms. The average molecular weight is 452 g/mol. The van der Waals surface area contributed by atoms with Crippen LogP contribution in [0.25, 0.3) is 10.8 Å². The summed E-state index contributed by atoms with van der Waals surface area (Å²) < 4.78 is 0. The number of carboxylic acid groups (broad SMARTS) is 1. The number of anilines is 1. The second-order valence-corrected chi connectivity index (χ2v) is 8.61. The molecule has 0 saturated carbocycles. The van der Waals surface area contributed by atoms with Gasteiger partial charge in [-0.3, -0.25) is 4.79 Å². The van der Waals surface area contributed by atoms with E-state index in [2.05, 4.69) is 18.3 Å². The van der Waals surface area contributed by atoms with Crippen LogP contribution in [0.4, 0.5) is 5.69 Å². The number of carbonyl (C=O) groups is 2. The molecule has 4 aromatic rings. The zero-order chi connectivity index (χ0) is 23.9. The molecule has 0 aliphatic carbocycles. The van der Waals surface area contributed by atoms with Gasteiger partial charge in [-0.2, -0.15) is 0 Å². The van der Waals surface area contributed by atoms with Gasteiger partial charge in [0.15, 0.2) is 0 Å². The van der Waals surface area contributed by atoms with E-state index in [1.807, 2.05) is 66.7 Å². The fourth-order valence-corrected chi connectivity index (χ4v) is 4.45. The Balaban J connectivity index is 1.38. The molecule has 1 amide bonds. The molecular weight excluding hydrogens is 422 g/mol. The highest BCUT2D eigenvalue weighted by atomic mass is 16.4. The van der Waals surface area contributed by atoms with Crippen molar-refractivity contribution in [2.75, 3.05) is 5.32 Å². The summed E-state index contributed by atoms with van der Waals surface area (Å²) in [5.74, 6) is -0.976. The van der Waals surface area contributed by atoms with Crippen LogP contribution in [0.2, 0.25) is 0 Å². The predicted molar refractivity (Wildman–Crippen MR) is 138 cm³/mol. The number of hydrogen-bond donors (Lipinski definition) is 2. The molecular formula is C30H29NO3. The van der Waals surface area contributed by atoms with Crippen molar-refractivity contribution in [3.05, 3.63) is 113 Å². The monoisotopic (exact) mass is 451 g/mol. The van der Waals surface area contributed by atoms with Gasteiger partial charge in [-0.25, -0.2) is 4.79 Å². The summed E-state index contributed by atoms with van der Waals surface area (Å²) in [6.45, 7) is 2.06. The molecule has 0 unspecified atom stereocenters. The topological polar surface area (TPSA) is 66.4 Å². The smallest absolute Gasteiger partial charge is 0.335 e. The minimum Gasteiger partial charge on any atom is -0.478 e. The van der Waals surface area contributed by atoms with E-state index in [-0.39, 0.29) is 5.91 Å². The van der Waals surface area contributed by atoms with Crippen LogP contribution in [0.15, 0.2) is 84.9 Å². The van der Waals surface area contributed by atoms with Crippen molar-refractivity contribution in [1.82, 2.24) is 0 Å². The van der Waals surface area contributed by atoms with Gasteiger partial charge in [0.2, 0.25) is 0 Å². The summed E-state index contributed by atoms with van der Waals surface area (Å²) in [6, 6.07) is 27.0. The van der Waals surface area contributed by atoms with E-state index in [0.717, 1.165) is 65.3 Å². The average Bonchev–Trinajstić information content (AvgIpc) is 2.85. The van der Waals surface area contributed by atoms with Crippen molar-refractivity contribution in [2.24, 2.45) is 0 Å². The van der Waals surface area contributed by atoms with Crippen LogP contribution in [-0.4, -0.2) is 17.0 Å². The predicted octanol–water partition coefficient (Wildman–Crippen LogP) is 7.05. The van der Waals surface area contributed by atoms with Gasteiger partial charge in [0, 0.05) is 11.3 Å². The number of carbonyl (C=O) groups excluding carboxylic acids is 1. The minimum atomic E-state index is -0.873. The number of amides is 1. The van der Waals surface area contributed by atoms with Crippen LogP contribution < -0.4 is 5.32 Å². The number of unbranched alkanes of at least 4 members (excludes halogenated alkanes) is 2. The van der Waals surface area contributed by atoms with Gasteiger partial charge >= 0.3 is 5.97 Å². The van der Waals surface area contributed by atoms with Crippen LogP contribution in [0.1, 0.15) is 56.7 Å². The summed E-state index contributed by atoms with van der Waals surface area (Å²) in [4.78, 5) is 24.5. The van der Waals surface area contributed by atoms with Gasteiger partial charge in [0.1, 0.15) is 0 Å². The third kappa shape index (κ3) is 5.34. The first-order valence-corrected chi connectivity index (χ1v) is 11.7. The summed E-state index contributed by atoms with van der Waals surface area (Å²) >= 11 is 0. The Kier molecular flexibility index (Phi) is 7.38. The minimum absolute atomic E-state index is 0.103. The summed E-state index contributed by atoms with van der Waals surface area (Å²) in [5.41, 5.74) is 5.05. The van der Waals surface area contributed by atoms with Gasteiger partial charge < -0.3 is 10.4 Å². The summed E-state index contributed by atoms with van der Waals surface area (Å²) in [6.07, 6.45) is 4.48. The van der Waals surface area contributed by atoms with E-state index in [9.17, 15) is 14.7 Å². The van der Waals surface area contributed by atoms with E-state index in [1.54, 1.807) is 12.1 Å². The van der Waals surface area contributed by atoms with Gasteiger partial charge in [-0.1, -0.05) is 73.2 Å². The molecule has 2 N–H and O–H groups in total. The molecule has 0 aliphatic rings. The largest absolute Gasteiger partial charge is 0.478 e. The van der Waals surface area contributed by atoms with Crippen molar-refractivity contribution >= 4 is 28.3 Å². The number of carboxylic acids is 1. The fourth-order valence-electron chi connectivity index (χ4n) is 4.45. The Labute approximate surface area is 200 Å². The highest BCUT2D eigenvalue weighted by Crippen LogP contribution is 2.25. The number of para-hydroxylation sites is 1. The zero-order valence-electron chi connectivity index (χ0n) is 19.4. The van der Waals surface area contributed by atoms with E-state index >= 15 is 0 Å². The molecule has 4 aromatic carbocycles. The van der Waals surface area contributed by atoms with Crippen LogP contribution in [0.3, 0.4) is 0 Å². The maximum atomic E-state index is 13.2. The molecule has 0 heterocycles. The molecule has 34 heavy (non-hydrogen) atoms. The van der Waals surface area contributed by atoms with Crippen molar-refractivity contribution in [2.45, 2.75) is 39.0 Å². The Hall–Kier alpha value is -3.92. The molecule has 0 spiro atoms. The number of aryl methyl sites for hydroxylation is 3. The Morgan fingerprint density at radius 3 is 2.06 bits per heavy atom. The highest BCUT2D eigenvalue weighted by molar-refractivity contribution is 6.13. The van der Waals surface area contributed by atoms with Crippen molar-refractivity contribution < 1.29 is 14.7 Å². The van der Waals surface area contributed by atoms with E-state index in [0.29, 0.717) is 11.1 Å². The van der Waals surface area contributed by atoms with Gasteiger partial charge in [-0.15, -0.1) is 0 Å². The fraction of sp³-hybridized carbons (Fsp3) is 0.200. The first kappa shape index (κ1) is 23.2. The molecule has 0 aliphatic heterocycles. The third-order valence-electron chi connectivity index (χ3n) is 6.29. The lowest BCUT2D eigenvalue weighted by molar-refractivity contribution is 0.0695. The zero-order valence-corrected chi connectivity index (χ0v) is 19.4. The number of fused-ring (bicyclic) bond motifs is 1. The molecule has 172 valence electrons. The van der Waals surface area contributed by atoms with Gasteiger partial charge in [-0.05, 0) is 78.3 Å². The maximum absolute atomic E-state index is 13.2. The molecule has 4 nitrogen and oxygen atoms in total. The second-order valence-electron chi connectivity index (χ2n) is 8.61. The summed E-state index contributed by atoms with van der Waals surface area (Å²) in [5, 5.41) is 14.5. The van der Waals surface area contributed by atoms with Crippen molar-refractivity contribution in [3.63, 3.8) is 0 Å². The van der Waals surface area contributed by atoms with Gasteiger partial charge in [0.25, 0.3) is 5.91 Å². The number of nitrogens with one attached hydrogen (secondary N) is 1. The number of hydrogen-bond acceptors (Lipinski definition) is 2. The van der Waals surface area contributed by atoms with Crippen LogP contribution in [0.5, 0.6) is 0 Å². The van der Waals surface area contributed by atoms with E-state index < -0.39 is 5.97 Å². The first-order valence-electron chi connectivity index (χ1n) is 11.7. The lowest BCUT2D eigenvalue weighted by atomic mass is 9.98. The maximum Gasteiger partial charge on any atom is 0.335 e. The highest BCUT2D eigenvalue weighted by Gasteiger charge is 2.13. The standard InChI is InChI=1S/C30H29NO3/c1-21-19-20-27(26-17-9-8-15-24(21)26)29(32)31-28-18-10-6-14-23(28)13-4-2-3-11-22-12-5-7-16-25(22)30(33)34/h5-10,12,14-20H,2-4,11,13H2,1H3,(H,31,32)(H,33,34). The first-order chi connectivity index (χ1) is 16.5. The number of aromatic carboxylic acids is 1. The SMILES string of the molecule is Cc1ccc(C(=O)Nc2ccccc2CCCCCc2ccccc2C(=O)O)c2ccccc12. The van der Waals surface area contributed by atoms with Crippen molar-refractivity contribution in [3.8, 4) is 0 Å². The molecule has 0 fully saturated rings. The number of benzene rings is 4. The lowest BCUT2D eigenvalue weighted by Gasteiger charge is -2.13. The number of rotatable bonds is 9. The molecule has 0 radical (unpaired) electrons. The Bertz CT molecular complexity index is 1330. The molecule has 0 bridgehead atoms. The Morgan fingerprint density at radius 1 is 0.676 bits per heavy atom. The molecule has 0 saturated heterocycles. The van der Waals surface area contributed by atoms with E-state index in [4.69, 9.17) is 0 Å². The van der Waals surface area contributed by atoms with Crippen LogP contribution >= 0.6 is 0 Å². The normalized spacial score (nSPS) is 10.9. The van der Waals surface area contributed by atoms with Gasteiger partial charge in [0.05, 0.1) is 5.56 Å². The van der Waals surface area contributed by atoms with Crippen LogP contribution in [0, 0.1) is 6.92 Å². The van der Waals surface area contributed by atoms with Crippen LogP contribution in [-0.2, 0) is 12.8 Å². The molecule has 4 rings (SSSR count). The third-order valence-corrected chi connectivity index (χ3v) is 6.29. The summed E-state index contributed by atoms with van der Waals surface area (Å²) in [7, 11) is 0. The molecule has 0 atom stereocenters. The second kappa shape index (κ2) is 10.8.